The van der Waals surface area contributed by atoms with Crippen molar-refractivity contribution in [1.29, 1.82) is 0 Å². The summed E-state index contributed by atoms with van der Waals surface area (Å²) in [4.78, 5) is 63.2. The van der Waals surface area contributed by atoms with Crippen molar-refractivity contribution in [3.05, 3.63) is 36.5 Å². The zero-order valence-corrected chi connectivity index (χ0v) is 34.2. The van der Waals surface area contributed by atoms with Crippen molar-refractivity contribution in [2.45, 2.75) is 115 Å². The van der Waals surface area contributed by atoms with Gasteiger partial charge in [-0.15, -0.1) is 0 Å². The molecule has 6 aliphatic rings. The van der Waals surface area contributed by atoms with Crippen molar-refractivity contribution < 1.29 is 46.5 Å². The molecule has 2 amide bonds. The number of Topliss-reactive ketones (excluding diaryl/α,β-unsaturated/α-hetero) is 1. The molecule has 3 aliphatic heterocycles. The number of esters is 1. The molecule has 4 fully saturated rings. The van der Waals surface area contributed by atoms with Crippen molar-refractivity contribution in [2.24, 2.45) is 34.5 Å². The Hall–Kier alpha value is -4.20. The number of pyridine rings is 1. The summed E-state index contributed by atoms with van der Waals surface area (Å²) in [6, 6.07) is 4.50. The van der Waals surface area contributed by atoms with Crippen LogP contribution in [0.5, 0.6) is 17.4 Å². The highest BCUT2D eigenvalue weighted by Crippen LogP contribution is 2.58. The molecular formula is C43H55N3O10S. The number of allylic oxidation sites excluding steroid dienone is 2. The molecule has 4 heterocycles. The molecule has 1 N–H and O–H groups in total. The largest absolute Gasteiger partial charge is 0.486 e. The normalized spacial score (nSPS) is 32.2. The van der Waals surface area contributed by atoms with Gasteiger partial charge in [-0.3, -0.25) is 23.9 Å². The number of sulfonamides is 1. The number of fused-ring (bicyclic) bond motifs is 5. The average molecular weight is 806 g/mol. The third-order valence-corrected chi connectivity index (χ3v) is 15.7. The van der Waals surface area contributed by atoms with Gasteiger partial charge in [0.15, 0.2) is 17.3 Å². The second-order valence-electron chi connectivity index (χ2n) is 18.4. The number of aromatic nitrogens is 1. The molecule has 308 valence electrons. The number of hydrogen-bond acceptors (Lipinski definition) is 11. The van der Waals surface area contributed by atoms with Gasteiger partial charge >= 0.3 is 5.97 Å². The Balaban J connectivity index is 1.11. The summed E-state index contributed by atoms with van der Waals surface area (Å²) in [6.07, 6.45) is 10.2. The lowest BCUT2D eigenvalue weighted by atomic mass is 9.82. The van der Waals surface area contributed by atoms with E-state index in [1.807, 2.05) is 37.3 Å². The third-order valence-electron chi connectivity index (χ3n) is 13.6. The summed E-state index contributed by atoms with van der Waals surface area (Å²) in [5, 5.41) is 1.44. The van der Waals surface area contributed by atoms with E-state index in [0.29, 0.717) is 68.3 Å². The van der Waals surface area contributed by atoms with Crippen LogP contribution in [0, 0.1) is 34.5 Å². The number of rotatable bonds is 9. The summed E-state index contributed by atoms with van der Waals surface area (Å²) >= 11 is 0. The molecule has 0 bridgehead atoms. The smallest absolute Gasteiger partial charge is 0.306 e. The van der Waals surface area contributed by atoms with E-state index in [1.54, 1.807) is 18.0 Å². The number of carbonyl (C=O) groups is 4. The Kier molecular flexibility index (Phi) is 10.3. The van der Waals surface area contributed by atoms with Crippen LogP contribution in [0.1, 0.15) is 98.3 Å². The van der Waals surface area contributed by atoms with E-state index < -0.39 is 50.1 Å². The maximum Gasteiger partial charge on any atom is 0.306 e. The first-order chi connectivity index (χ1) is 27.1. The van der Waals surface area contributed by atoms with Crippen LogP contribution in [-0.2, 0) is 33.9 Å². The molecule has 0 spiro atoms. The molecule has 13 nitrogen and oxygen atoms in total. The Labute approximate surface area is 334 Å². The minimum absolute atomic E-state index is 0.0151. The first kappa shape index (κ1) is 39.6. The zero-order chi connectivity index (χ0) is 40.3. The molecule has 57 heavy (non-hydrogen) atoms. The highest BCUT2D eigenvalue weighted by Gasteiger charge is 2.62. The summed E-state index contributed by atoms with van der Waals surface area (Å²) < 4.78 is 51.9. The van der Waals surface area contributed by atoms with Gasteiger partial charge < -0.3 is 23.8 Å². The van der Waals surface area contributed by atoms with Gasteiger partial charge in [-0.2, -0.15) is 0 Å². The Morgan fingerprint density at radius 2 is 1.79 bits per heavy atom. The molecule has 1 aromatic heterocycles. The van der Waals surface area contributed by atoms with Crippen molar-refractivity contribution >= 4 is 44.4 Å². The minimum atomic E-state index is -3.95. The van der Waals surface area contributed by atoms with Crippen LogP contribution in [-0.4, -0.2) is 85.1 Å². The molecular weight excluding hydrogens is 751 g/mol. The summed E-state index contributed by atoms with van der Waals surface area (Å²) in [6.45, 7) is 9.03. The fraction of sp³-hybridized carbons (Fsp3) is 0.651. The van der Waals surface area contributed by atoms with Crippen molar-refractivity contribution in [2.75, 3.05) is 26.4 Å². The molecule has 8 rings (SSSR count). The molecule has 1 aromatic carbocycles. The predicted octanol–water partition coefficient (Wildman–Crippen LogP) is 5.68. The van der Waals surface area contributed by atoms with E-state index in [9.17, 15) is 27.6 Å². The number of benzene rings is 1. The average Bonchev–Trinajstić information content (AvgIpc) is 4.14. The number of ketones is 1. The maximum absolute atomic E-state index is 15.0. The van der Waals surface area contributed by atoms with E-state index >= 15 is 0 Å². The molecule has 0 unspecified atom stereocenters. The Morgan fingerprint density at radius 3 is 2.54 bits per heavy atom. The van der Waals surface area contributed by atoms with Gasteiger partial charge in [0.1, 0.15) is 19.3 Å². The zero-order valence-electron chi connectivity index (χ0n) is 33.4. The van der Waals surface area contributed by atoms with Gasteiger partial charge in [0, 0.05) is 35.2 Å². The standard InChI is InChI=1S/C43H55N3O10S/c1-26-7-5-6-8-28-22-43(28,40(50)45-57(51,52)42(4)14-15-42)23-34(47)33-20-29(56-38-31-9-10-35-37(54-18-17-53-35)30(31)11-16-44-38)24-46(33)39(49)32(27(2)19-26)21-36(48)55-25-41(3)12-13-41/h6,8-11,16,26-29,32-33H,5,7,12-15,17-25H2,1-4H3,(H,45,50)/b8-6-/t26-,27+,28+,29+,32-,33-,43+/m0/s1. The predicted molar refractivity (Wildman–Crippen MR) is 210 cm³/mol. The minimum Gasteiger partial charge on any atom is -0.486 e. The van der Waals surface area contributed by atoms with E-state index in [-0.39, 0.29) is 60.7 Å². The van der Waals surface area contributed by atoms with Gasteiger partial charge in [0.2, 0.25) is 27.7 Å². The molecule has 0 radical (unpaired) electrons. The maximum atomic E-state index is 15.0. The van der Waals surface area contributed by atoms with Gasteiger partial charge in [-0.05, 0) is 94.2 Å². The third kappa shape index (κ3) is 7.99. The monoisotopic (exact) mass is 805 g/mol. The van der Waals surface area contributed by atoms with Crippen molar-refractivity contribution in [1.82, 2.24) is 14.6 Å². The Bertz CT molecular complexity index is 2090. The Morgan fingerprint density at radius 1 is 1.02 bits per heavy atom. The van der Waals surface area contributed by atoms with E-state index in [4.69, 9.17) is 18.9 Å². The van der Waals surface area contributed by atoms with E-state index in [0.717, 1.165) is 31.1 Å². The molecule has 7 atom stereocenters. The number of amides is 2. The first-order valence-corrected chi connectivity index (χ1v) is 22.1. The number of ether oxygens (including phenoxy) is 4. The van der Waals surface area contributed by atoms with Gasteiger partial charge in [-0.25, -0.2) is 13.4 Å². The summed E-state index contributed by atoms with van der Waals surface area (Å²) in [5.74, 6) is -1.32. The lowest BCUT2D eigenvalue weighted by molar-refractivity contribution is -0.152. The SMILES string of the molecule is C[C@H]1CC/C=C\[C@@H]2C[C@@]2(C(=O)NS(=O)(=O)C2(C)CC2)CC(=O)[C@@H]2C[C@@H](Oc3nccc4c5c(ccc34)OCCO5)CN2C(=O)[C@@H](CC(=O)OCC2(C)CC2)[C@H](C)C1. The molecule has 3 aliphatic carbocycles. The number of nitrogens with one attached hydrogen (secondary N) is 1. The van der Waals surface area contributed by atoms with Crippen LogP contribution in [0.25, 0.3) is 10.8 Å². The highest BCUT2D eigenvalue weighted by atomic mass is 32.2. The second kappa shape index (κ2) is 14.9. The molecule has 2 aromatic rings. The topological polar surface area (TPSA) is 168 Å². The lowest BCUT2D eigenvalue weighted by Crippen LogP contribution is -2.48. The number of hydrogen-bond donors (Lipinski definition) is 1. The van der Waals surface area contributed by atoms with Crippen LogP contribution in [0.3, 0.4) is 0 Å². The van der Waals surface area contributed by atoms with E-state index in [2.05, 4.69) is 23.6 Å². The fourth-order valence-corrected chi connectivity index (χ4v) is 10.3. The van der Waals surface area contributed by atoms with Crippen LogP contribution in [0.4, 0.5) is 0 Å². The van der Waals surface area contributed by atoms with Gasteiger partial charge in [0.05, 0.1) is 41.7 Å². The second-order valence-corrected chi connectivity index (χ2v) is 20.6. The van der Waals surface area contributed by atoms with Gasteiger partial charge in [-0.1, -0.05) is 32.9 Å². The number of carbonyl (C=O) groups excluding carboxylic acids is 4. The van der Waals surface area contributed by atoms with Crippen LogP contribution in [0.15, 0.2) is 36.5 Å². The highest BCUT2D eigenvalue weighted by molar-refractivity contribution is 7.91. The van der Waals surface area contributed by atoms with Crippen LogP contribution in [0.2, 0.25) is 0 Å². The summed E-state index contributed by atoms with van der Waals surface area (Å²) in [5.41, 5.74) is -1.28. The first-order valence-electron chi connectivity index (χ1n) is 20.7. The molecule has 3 saturated carbocycles. The fourth-order valence-electron chi connectivity index (χ4n) is 8.93. The quantitative estimate of drug-likeness (QED) is 0.245. The van der Waals surface area contributed by atoms with Crippen molar-refractivity contribution in [3.63, 3.8) is 0 Å². The molecule has 14 heteroatoms. The lowest BCUT2D eigenvalue weighted by Gasteiger charge is -2.32. The number of nitrogens with zero attached hydrogens (tertiary/aromatic N) is 2. The van der Waals surface area contributed by atoms with E-state index in [1.165, 1.54) is 0 Å². The van der Waals surface area contributed by atoms with Crippen LogP contribution >= 0.6 is 0 Å². The van der Waals surface area contributed by atoms with Crippen molar-refractivity contribution in [3.8, 4) is 17.4 Å². The van der Waals surface area contributed by atoms with Crippen LogP contribution < -0.4 is 18.9 Å². The van der Waals surface area contributed by atoms with Gasteiger partial charge in [0.25, 0.3) is 0 Å². The summed E-state index contributed by atoms with van der Waals surface area (Å²) in [7, 11) is -3.95. The molecule has 1 saturated heterocycles.